The van der Waals surface area contributed by atoms with Crippen molar-refractivity contribution in [2.75, 3.05) is 0 Å². The molecule has 2 aromatic heterocycles. The minimum Gasteiger partial charge on any atom is -0.476 e. The normalized spacial score (nSPS) is 14.7. The zero-order valence-corrected chi connectivity index (χ0v) is 9.87. The first-order valence-electron chi connectivity index (χ1n) is 5.78. The fourth-order valence-corrected chi connectivity index (χ4v) is 1.78. The standard InChI is InChI=1S/C12H12N4O2/c1-7-6-10(14-11(13-7)8-2-3-8)16-5-4-9(15-16)12(17)18/h4-6,8H,2-3H2,1H3,(H,17,18). The fraction of sp³-hybridized carbons (Fsp3) is 0.333. The number of carboxylic acid groups (broad SMARTS) is 1. The molecule has 6 heteroatoms. The highest BCUT2D eigenvalue weighted by atomic mass is 16.4. The highest BCUT2D eigenvalue weighted by molar-refractivity contribution is 5.85. The number of carbonyl (C=O) groups is 1. The molecule has 1 saturated carbocycles. The smallest absolute Gasteiger partial charge is 0.356 e. The molecule has 6 nitrogen and oxygen atoms in total. The summed E-state index contributed by atoms with van der Waals surface area (Å²) in [5, 5.41) is 12.8. The summed E-state index contributed by atoms with van der Waals surface area (Å²) < 4.78 is 1.48. The molecule has 1 N–H and O–H groups in total. The maximum Gasteiger partial charge on any atom is 0.356 e. The summed E-state index contributed by atoms with van der Waals surface area (Å²) in [4.78, 5) is 19.6. The Labute approximate surface area is 103 Å². The van der Waals surface area contributed by atoms with Crippen molar-refractivity contribution in [1.82, 2.24) is 19.7 Å². The number of hydrogen-bond donors (Lipinski definition) is 1. The summed E-state index contributed by atoms with van der Waals surface area (Å²) in [6.07, 6.45) is 3.85. The number of hydrogen-bond acceptors (Lipinski definition) is 4. The lowest BCUT2D eigenvalue weighted by molar-refractivity contribution is 0.0690. The van der Waals surface area contributed by atoms with Crippen LogP contribution in [0.15, 0.2) is 18.3 Å². The Morgan fingerprint density at radius 1 is 1.44 bits per heavy atom. The van der Waals surface area contributed by atoms with Crippen LogP contribution in [0.4, 0.5) is 0 Å². The third-order valence-electron chi connectivity index (χ3n) is 2.84. The molecular formula is C12H12N4O2. The second-order valence-electron chi connectivity index (χ2n) is 4.45. The molecule has 0 bridgehead atoms. The Kier molecular flexibility index (Phi) is 2.36. The van der Waals surface area contributed by atoms with E-state index in [0.29, 0.717) is 11.7 Å². The average Bonchev–Trinajstić information content (AvgIpc) is 3.05. The summed E-state index contributed by atoms with van der Waals surface area (Å²) in [5.41, 5.74) is 0.883. The predicted molar refractivity (Wildman–Crippen MR) is 62.8 cm³/mol. The molecule has 0 aliphatic heterocycles. The highest BCUT2D eigenvalue weighted by Crippen LogP contribution is 2.38. The lowest BCUT2D eigenvalue weighted by atomic mass is 10.3. The Bertz CT molecular complexity index is 616. The zero-order chi connectivity index (χ0) is 12.7. The Balaban J connectivity index is 2.01. The van der Waals surface area contributed by atoms with Crippen LogP contribution in [0.3, 0.4) is 0 Å². The Morgan fingerprint density at radius 2 is 2.22 bits per heavy atom. The van der Waals surface area contributed by atoms with Gasteiger partial charge in [-0.2, -0.15) is 5.10 Å². The molecule has 0 saturated heterocycles. The molecule has 92 valence electrons. The van der Waals surface area contributed by atoms with Gasteiger partial charge in [-0.1, -0.05) is 0 Å². The van der Waals surface area contributed by atoms with Crippen molar-refractivity contribution in [3.05, 3.63) is 35.5 Å². The second kappa shape index (κ2) is 3.90. The molecule has 18 heavy (non-hydrogen) atoms. The van der Waals surface area contributed by atoms with Gasteiger partial charge in [0.05, 0.1) is 0 Å². The summed E-state index contributed by atoms with van der Waals surface area (Å²) in [6.45, 7) is 1.90. The zero-order valence-electron chi connectivity index (χ0n) is 9.87. The van der Waals surface area contributed by atoms with E-state index in [1.807, 2.05) is 6.92 Å². The van der Waals surface area contributed by atoms with E-state index >= 15 is 0 Å². The van der Waals surface area contributed by atoms with Crippen LogP contribution in [0.5, 0.6) is 0 Å². The van der Waals surface area contributed by atoms with E-state index in [0.717, 1.165) is 24.4 Å². The molecule has 2 aromatic rings. The first-order chi connectivity index (χ1) is 8.63. The monoisotopic (exact) mass is 244 g/mol. The summed E-state index contributed by atoms with van der Waals surface area (Å²) in [7, 11) is 0. The SMILES string of the molecule is Cc1cc(-n2ccc(C(=O)O)n2)nc(C2CC2)n1. The Hall–Kier alpha value is -2.24. The molecule has 0 amide bonds. The van der Waals surface area contributed by atoms with Crippen molar-refractivity contribution in [1.29, 1.82) is 0 Å². The quantitative estimate of drug-likeness (QED) is 0.885. The molecule has 1 fully saturated rings. The van der Waals surface area contributed by atoms with Gasteiger partial charge in [0.15, 0.2) is 11.5 Å². The van der Waals surface area contributed by atoms with Gasteiger partial charge in [-0.25, -0.2) is 19.4 Å². The van der Waals surface area contributed by atoms with E-state index < -0.39 is 5.97 Å². The van der Waals surface area contributed by atoms with Crippen molar-refractivity contribution >= 4 is 5.97 Å². The third kappa shape index (κ3) is 1.97. The summed E-state index contributed by atoms with van der Waals surface area (Å²) >= 11 is 0. The minimum absolute atomic E-state index is 0.0132. The Morgan fingerprint density at radius 3 is 2.83 bits per heavy atom. The average molecular weight is 244 g/mol. The number of nitrogens with zero attached hydrogens (tertiary/aromatic N) is 4. The van der Waals surface area contributed by atoms with Gasteiger partial charge >= 0.3 is 5.97 Å². The molecule has 3 rings (SSSR count). The number of aromatic carboxylic acids is 1. The van der Waals surface area contributed by atoms with Crippen molar-refractivity contribution in [3.63, 3.8) is 0 Å². The van der Waals surface area contributed by atoms with E-state index in [2.05, 4.69) is 15.1 Å². The van der Waals surface area contributed by atoms with Gasteiger partial charge in [0.1, 0.15) is 5.82 Å². The first kappa shape index (κ1) is 10.9. The van der Waals surface area contributed by atoms with Gasteiger partial charge in [0, 0.05) is 23.9 Å². The second-order valence-corrected chi connectivity index (χ2v) is 4.45. The van der Waals surface area contributed by atoms with Crippen LogP contribution in [-0.2, 0) is 0 Å². The van der Waals surface area contributed by atoms with E-state index in [1.165, 1.54) is 10.7 Å². The minimum atomic E-state index is -1.04. The molecule has 0 atom stereocenters. The molecule has 0 aromatic carbocycles. The van der Waals surface area contributed by atoms with E-state index in [-0.39, 0.29) is 5.69 Å². The fourth-order valence-electron chi connectivity index (χ4n) is 1.78. The van der Waals surface area contributed by atoms with Crippen LogP contribution in [0.2, 0.25) is 0 Å². The summed E-state index contributed by atoms with van der Waals surface area (Å²) in [5.74, 6) is 0.870. The lowest BCUT2D eigenvalue weighted by Gasteiger charge is -2.04. The molecule has 0 unspecified atom stereocenters. The number of aryl methyl sites for hydroxylation is 1. The van der Waals surface area contributed by atoms with Crippen LogP contribution >= 0.6 is 0 Å². The number of carboxylic acids is 1. The largest absolute Gasteiger partial charge is 0.476 e. The van der Waals surface area contributed by atoms with Crippen LogP contribution in [0.25, 0.3) is 5.82 Å². The van der Waals surface area contributed by atoms with Gasteiger partial charge in [-0.3, -0.25) is 0 Å². The van der Waals surface area contributed by atoms with E-state index in [1.54, 1.807) is 12.3 Å². The van der Waals surface area contributed by atoms with Gasteiger partial charge in [-0.15, -0.1) is 0 Å². The number of rotatable bonds is 3. The van der Waals surface area contributed by atoms with Gasteiger partial charge < -0.3 is 5.11 Å². The van der Waals surface area contributed by atoms with Crippen LogP contribution in [-0.4, -0.2) is 30.8 Å². The van der Waals surface area contributed by atoms with Crippen LogP contribution in [0.1, 0.15) is 40.8 Å². The molecule has 1 aliphatic carbocycles. The molecule has 0 radical (unpaired) electrons. The third-order valence-corrected chi connectivity index (χ3v) is 2.84. The van der Waals surface area contributed by atoms with Gasteiger partial charge in [0.25, 0.3) is 0 Å². The molecular weight excluding hydrogens is 232 g/mol. The van der Waals surface area contributed by atoms with Crippen molar-refractivity contribution in [3.8, 4) is 5.82 Å². The van der Waals surface area contributed by atoms with Crippen molar-refractivity contribution in [2.24, 2.45) is 0 Å². The van der Waals surface area contributed by atoms with Gasteiger partial charge in [-0.05, 0) is 25.8 Å². The van der Waals surface area contributed by atoms with Crippen molar-refractivity contribution in [2.45, 2.75) is 25.7 Å². The lowest BCUT2D eigenvalue weighted by Crippen LogP contribution is -2.06. The highest BCUT2D eigenvalue weighted by Gasteiger charge is 2.27. The van der Waals surface area contributed by atoms with Crippen LogP contribution < -0.4 is 0 Å². The van der Waals surface area contributed by atoms with Gasteiger partial charge in [0.2, 0.25) is 0 Å². The molecule has 2 heterocycles. The predicted octanol–water partition coefficient (Wildman–Crippen LogP) is 1.55. The van der Waals surface area contributed by atoms with Crippen molar-refractivity contribution < 1.29 is 9.90 Å². The number of aromatic nitrogens is 4. The molecule has 0 spiro atoms. The van der Waals surface area contributed by atoms with Crippen LogP contribution in [0, 0.1) is 6.92 Å². The van der Waals surface area contributed by atoms with E-state index in [4.69, 9.17) is 5.11 Å². The topological polar surface area (TPSA) is 80.9 Å². The molecule has 1 aliphatic rings. The summed E-state index contributed by atoms with van der Waals surface area (Å²) in [6, 6.07) is 3.25. The van der Waals surface area contributed by atoms with E-state index in [9.17, 15) is 4.79 Å². The maximum absolute atomic E-state index is 10.8. The maximum atomic E-state index is 10.8. The first-order valence-corrected chi connectivity index (χ1v) is 5.78.